The van der Waals surface area contributed by atoms with E-state index in [-0.39, 0.29) is 5.82 Å². The van der Waals surface area contributed by atoms with Gasteiger partial charge >= 0.3 is 0 Å². The molecule has 2 aromatic carbocycles. The van der Waals surface area contributed by atoms with E-state index in [1.807, 2.05) is 13.0 Å². The molecule has 0 unspecified atom stereocenters. The Morgan fingerprint density at radius 2 is 2.10 bits per heavy atom. The van der Waals surface area contributed by atoms with E-state index in [1.54, 1.807) is 24.3 Å². The lowest BCUT2D eigenvalue weighted by atomic mass is 10.1. The summed E-state index contributed by atoms with van der Waals surface area (Å²) in [6.45, 7) is 3.58. The summed E-state index contributed by atoms with van der Waals surface area (Å²) in [7, 11) is 0. The molecule has 1 N–H and O–H groups in total. The summed E-state index contributed by atoms with van der Waals surface area (Å²) in [5.74, 6) is 0.434. The second-order valence-electron chi connectivity index (χ2n) is 4.28. The van der Waals surface area contributed by atoms with Gasteiger partial charge in [0.15, 0.2) is 0 Å². The molecule has 3 nitrogen and oxygen atoms in total. The lowest BCUT2D eigenvalue weighted by molar-refractivity contribution is 0.475. The van der Waals surface area contributed by atoms with Gasteiger partial charge in [-0.15, -0.1) is 0 Å². The van der Waals surface area contributed by atoms with Crippen molar-refractivity contribution in [2.24, 2.45) is 0 Å². The molecule has 0 aliphatic rings. The van der Waals surface area contributed by atoms with Gasteiger partial charge in [0.2, 0.25) is 0 Å². The molecule has 102 valence electrons. The Kier molecular flexibility index (Phi) is 4.70. The van der Waals surface area contributed by atoms with Crippen LogP contribution in [0.1, 0.15) is 18.1 Å². The van der Waals surface area contributed by atoms with E-state index in [0.717, 1.165) is 12.1 Å². The summed E-state index contributed by atoms with van der Waals surface area (Å²) in [4.78, 5) is 0. The van der Waals surface area contributed by atoms with Crippen molar-refractivity contribution in [3.8, 4) is 17.6 Å². The minimum Gasteiger partial charge on any atom is -0.456 e. The highest BCUT2D eigenvalue weighted by Gasteiger charge is 2.06. The lowest BCUT2D eigenvalue weighted by Crippen LogP contribution is -2.11. The van der Waals surface area contributed by atoms with Crippen LogP contribution < -0.4 is 10.1 Å². The fraction of sp³-hybridized carbons (Fsp3) is 0.188. The Hall–Kier alpha value is -2.38. The van der Waals surface area contributed by atoms with Gasteiger partial charge in [-0.1, -0.05) is 19.1 Å². The van der Waals surface area contributed by atoms with Gasteiger partial charge < -0.3 is 10.1 Å². The topological polar surface area (TPSA) is 45.0 Å². The number of nitriles is 1. The molecule has 0 aliphatic carbocycles. The lowest BCUT2D eigenvalue weighted by Gasteiger charge is -2.09. The van der Waals surface area contributed by atoms with Gasteiger partial charge in [0.1, 0.15) is 23.4 Å². The number of hydrogen-bond acceptors (Lipinski definition) is 3. The molecule has 0 radical (unpaired) electrons. The predicted octanol–water partition coefficient (Wildman–Crippen LogP) is 3.60. The van der Waals surface area contributed by atoms with E-state index in [1.165, 1.54) is 12.1 Å². The first kappa shape index (κ1) is 14.0. The van der Waals surface area contributed by atoms with Crippen LogP contribution in [0.25, 0.3) is 0 Å². The van der Waals surface area contributed by atoms with Crippen LogP contribution >= 0.6 is 0 Å². The minimum atomic E-state index is -0.371. The zero-order valence-corrected chi connectivity index (χ0v) is 11.2. The first-order valence-electron chi connectivity index (χ1n) is 6.40. The average Bonchev–Trinajstić information content (AvgIpc) is 2.46. The predicted molar refractivity (Wildman–Crippen MR) is 75.0 cm³/mol. The number of halogens is 1. The molecule has 0 spiro atoms. The highest BCUT2D eigenvalue weighted by atomic mass is 19.1. The Bertz CT molecular complexity index is 635. The summed E-state index contributed by atoms with van der Waals surface area (Å²) in [6, 6.07) is 13.3. The van der Waals surface area contributed by atoms with Gasteiger partial charge in [0.05, 0.1) is 5.56 Å². The molecule has 2 aromatic rings. The van der Waals surface area contributed by atoms with Crippen LogP contribution in [0.3, 0.4) is 0 Å². The van der Waals surface area contributed by atoms with Crippen molar-refractivity contribution in [3.05, 3.63) is 59.4 Å². The second kappa shape index (κ2) is 6.69. The van der Waals surface area contributed by atoms with Gasteiger partial charge in [-0.25, -0.2) is 4.39 Å². The van der Waals surface area contributed by atoms with E-state index in [0.29, 0.717) is 23.6 Å². The molecule has 20 heavy (non-hydrogen) atoms. The molecular weight excluding hydrogens is 255 g/mol. The molecule has 0 aliphatic heterocycles. The molecule has 0 amide bonds. The first-order valence-corrected chi connectivity index (χ1v) is 6.40. The molecule has 0 saturated carbocycles. The molecule has 0 heterocycles. The van der Waals surface area contributed by atoms with E-state index in [2.05, 4.69) is 11.4 Å². The summed E-state index contributed by atoms with van der Waals surface area (Å²) in [5.41, 5.74) is 1.44. The maximum absolute atomic E-state index is 13.1. The fourth-order valence-electron chi connectivity index (χ4n) is 1.79. The number of rotatable bonds is 5. The zero-order chi connectivity index (χ0) is 14.4. The Morgan fingerprint density at radius 3 is 2.80 bits per heavy atom. The van der Waals surface area contributed by atoms with Gasteiger partial charge in [-0.3, -0.25) is 0 Å². The van der Waals surface area contributed by atoms with Crippen LogP contribution in [0.15, 0.2) is 42.5 Å². The largest absolute Gasteiger partial charge is 0.456 e. The van der Waals surface area contributed by atoms with Crippen molar-refractivity contribution in [1.82, 2.24) is 5.32 Å². The first-order chi connectivity index (χ1) is 9.72. The summed E-state index contributed by atoms with van der Waals surface area (Å²) >= 11 is 0. The molecular formula is C16H15FN2O. The highest BCUT2D eigenvalue weighted by molar-refractivity contribution is 5.47. The van der Waals surface area contributed by atoms with Crippen LogP contribution in [-0.2, 0) is 6.54 Å². The SMILES string of the molecule is CCNCc1ccc(Oc2cccc(F)c2)c(C#N)c1. The van der Waals surface area contributed by atoms with Crippen molar-refractivity contribution < 1.29 is 9.13 Å². The summed E-state index contributed by atoms with van der Waals surface area (Å²) in [5, 5.41) is 12.4. The Labute approximate surface area is 117 Å². The van der Waals surface area contributed by atoms with Gasteiger partial charge in [-0.05, 0) is 36.4 Å². The van der Waals surface area contributed by atoms with Crippen LogP contribution in [0, 0.1) is 17.1 Å². The third-order valence-corrected chi connectivity index (χ3v) is 2.77. The van der Waals surface area contributed by atoms with Crippen LogP contribution in [-0.4, -0.2) is 6.54 Å². The molecule has 2 rings (SSSR count). The number of benzene rings is 2. The van der Waals surface area contributed by atoms with Crippen molar-refractivity contribution >= 4 is 0 Å². The standard InChI is InChI=1S/C16H15FN2O/c1-2-19-11-12-6-7-16(13(8-12)10-18)20-15-5-3-4-14(17)9-15/h3-9,19H,2,11H2,1H3. The van der Waals surface area contributed by atoms with Crippen molar-refractivity contribution in [1.29, 1.82) is 5.26 Å². The Balaban J connectivity index is 2.22. The van der Waals surface area contributed by atoms with Gasteiger partial charge in [-0.2, -0.15) is 5.26 Å². The van der Waals surface area contributed by atoms with Crippen molar-refractivity contribution in [2.45, 2.75) is 13.5 Å². The Morgan fingerprint density at radius 1 is 1.25 bits per heavy atom. The smallest absolute Gasteiger partial charge is 0.145 e. The number of nitrogens with zero attached hydrogens (tertiary/aromatic N) is 1. The van der Waals surface area contributed by atoms with Gasteiger partial charge in [0.25, 0.3) is 0 Å². The van der Waals surface area contributed by atoms with Crippen LogP contribution in [0.2, 0.25) is 0 Å². The van der Waals surface area contributed by atoms with Crippen LogP contribution in [0.5, 0.6) is 11.5 Å². The molecule has 0 saturated heterocycles. The second-order valence-corrected chi connectivity index (χ2v) is 4.28. The van der Waals surface area contributed by atoms with Gasteiger partial charge in [0, 0.05) is 12.6 Å². The quantitative estimate of drug-likeness (QED) is 0.902. The monoisotopic (exact) mass is 270 g/mol. The molecule has 0 atom stereocenters. The average molecular weight is 270 g/mol. The van der Waals surface area contributed by atoms with E-state index in [4.69, 9.17) is 4.74 Å². The van der Waals surface area contributed by atoms with E-state index in [9.17, 15) is 9.65 Å². The maximum atomic E-state index is 13.1. The fourth-order valence-corrected chi connectivity index (χ4v) is 1.79. The molecule has 0 fully saturated rings. The minimum absolute atomic E-state index is 0.371. The summed E-state index contributed by atoms with van der Waals surface area (Å²) < 4.78 is 18.7. The number of ether oxygens (including phenoxy) is 1. The van der Waals surface area contributed by atoms with E-state index >= 15 is 0 Å². The highest BCUT2D eigenvalue weighted by Crippen LogP contribution is 2.26. The molecule has 0 aromatic heterocycles. The molecule has 0 bridgehead atoms. The maximum Gasteiger partial charge on any atom is 0.145 e. The third kappa shape index (κ3) is 3.56. The third-order valence-electron chi connectivity index (χ3n) is 2.77. The number of hydrogen-bond donors (Lipinski definition) is 1. The van der Waals surface area contributed by atoms with Crippen molar-refractivity contribution in [3.63, 3.8) is 0 Å². The van der Waals surface area contributed by atoms with E-state index < -0.39 is 0 Å². The van der Waals surface area contributed by atoms with Crippen molar-refractivity contribution in [2.75, 3.05) is 6.54 Å². The van der Waals surface area contributed by atoms with Crippen LogP contribution in [0.4, 0.5) is 4.39 Å². The zero-order valence-electron chi connectivity index (χ0n) is 11.2. The molecule has 4 heteroatoms. The number of nitrogens with one attached hydrogen (secondary N) is 1. The summed E-state index contributed by atoms with van der Waals surface area (Å²) in [6.07, 6.45) is 0. The normalized spacial score (nSPS) is 10.1.